The Labute approximate surface area is 127 Å². The van der Waals surface area contributed by atoms with Crippen LogP contribution in [0.1, 0.15) is 12.0 Å². The lowest BCUT2D eigenvalue weighted by molar-refractivity contribution is -0.384. The first kappa shape index (κ1) is 15.5. The van der Waals surface area contributed by atoms with E-state index in [1.165, 1.54) is 6.07 Å². The lowest BCUT2D eigenvalue weighted by Gasteiger charge is -2.07. The molecule has 0 aliphatic heterocycles. The Hall–Kier alpha value is -2.89. The molecule has 22 heavy (non-hydrogen) atoms. The highest BCUT2D eigenvalue weighted by atomic mass is 16.6. The minimum atomic E-state index is -0.462. The van der Waals surface area contributed by atoms with Gasteiger partial charge in [0.1, 0.15) is 12.3 Å². The van der Waals surface area contributed by atoms with Gasteiger partial charge in [0.05, 0.1) is 11.3 Å². The van der Waals surface area contributed by atoms with Crippen LogP contribution in [-0.2, 0) is 16.1 Å². The number of hydrogen-bond acceptors (Lipinski definition) is 5. The van der Waals surface area contributed by atoms with Crippen molar-refractivity contribution in [1.82, 2.24) is 0 Å². The third-order valence-electron chi connectivity index (χ3n) is 2.99. The summed E-state index contributed by atoms with van der Waals surface area (Å²) < 4.78 is 5.13. The smallest absolute Gasteiger partial charge is 0.307 e. The van der Waals surface area contributed by atoms with E-state index in [0.717, 1.165) is 5.56 Å². The summed E-state index contributed by atoms with van der Waals surface area (Å²) in [6.45, 7) is 0.504. The van der Waals surface area contributed by atoms with Gasteiger partial charge in [-0.15, -0.1) is 0 Å². The van der Waals surface area contributed by atoms with Gasteiger partial charge < -0.3 is 10.1 Å². The van der Waals surface area contributed by atoms with Gasteiger partial charge in [-0.25, -0.2) is 0 Å². The molecule has 0 aliphatic carbocycles. The highest BCUT2D eigenvalue weighted by Crippen LogP contribution is 2.22. The van der Waals surface area contributed by atoms with E-state index in [-0.39, 0.29) is 31.2 Å². The number of nitro benzene ring substituents is 1. The Balaban J connectivity index is 1.77. The van der Waals surface area contributed by atoms with Crippen molar-refractivity contribution in [3.8, 4) is 0 Å². The van der Waals surface area contributed by atoms with E-state index in [4.69, 9.17) is 4.74 Å². The lowest BCUT2D eigenvalue weighted by atomic mass is 10.2. The van der Waals surface area contributed by atoms with Gasteiger partial charge in [-0.3, -0.25) is 14.9 Å². The van der Waals surface area contributed by atoms with Crippen LogP contribution in [0.2, 0.25) is 0 Å². The summed E-state index contributed by atoms with van der Waals surface area (Å²) >= 11 is 0. The van der Waals surface area contributed by atoms with Crippen LogP contribution in [0.3, 0.4) is 0 Å². The van der Waals surface area contributed by atoms with Crippen molar-refractivity contribution in [1.29, 1.82) is 0 Å². The molecule has 0 unspecified atom stereocenters. The van der Waals surface area contributed by atoms with Crippen molar-refractivity contribution in [3.63, 3.8) is 0 Å². The zero-order valence-corrected chi connectivity index (χ0v) is 11.9. The summed E-state index contributed by atoms with van der Waals surface area (Å²) in [7, 11) is 0. The van der Waals surface area contributed by atoms with E-state index in [1.54, 1.807) is 18.2 Å². The minimum Gasteiger partial charge on any atom is -0.461 e. The summed E-state index contributed by atoms with van der Waals surface area (Å²) in [6.07, 6.45) is 0.138. The van der Waals surface area contributed by atoms with Crippen LogP contribution in [0.4, 0.5) is 11.4 Å². The Morgan fingerprint density at radius 1 is 1.09 bits per heavy atom. The molecule has 114 valence electrons. The SMILES string of the molecule is O=C(CCNc1ccccc1[N+](=O)[O-])OCc1ccccc1. The minimum absolute atomic E-state index is 0.0137. The second-order valence-corrected chi connectivity index (χ2v) is 4.60. The molecule has 0 fully saturated rings. The Kier molecular flexibility index (Phi) is 5.48. The molecule has 0 atom stereocenters. The number of esters is 1. The number of carbonyl (C=O) groups is 1. The molecule has 0 heterocycles. The molecule has 1 N–H and O–H groups in total. The molecule has 2 aromatic carbocycles. The second kappa shape index (κ2) is 7.78. The summed E-state index contributed by atoms with van der Waals surface area (Å²) in [4.78, 5) is 22.0. The van der Waals surface area contributed by atoms with Crippen molar-refractivity contribution in [3.05, 3.63) is 70.3 Å². The number of rotatable bonds is 7. The number of nitrogens with zero attached hydrogens (tertiary/aromatic N) is 1. The van der Waals surface area contributed by atoms with Crippen molar-refractivity contribution < 1.29 is 14.5 Å². The molecule has 2 rings (SSSR count). The molecular weight excluding hydrogens is 284 g/mol. The second-order valence-electron chi connectivity index (χ2n) is 4.60. The van der Waals surface area contributed by atoms with Gasteiger partial charge in [-0.1, -0.05) is 42.5 Å². The quantitative estimate of drug-likeness (QED) is 0.482. The summed E-state index contributed by atoms with van der Waals surface area (Å²) in [5.74, 6) is -0.352. The van der Waals surface area contributed by atoms with Gasteiger partial charge in [-0.2, -0.15) is 0 Å². The molecule has 0 saturated carbocycles. The van der Waals surface area contributed by atoms with Gasteiger partial charge in [-0.05, 0) is 11.6 Å². The van der Waals surface area contributed by atoms with Crippen LogP contribution < -0.4 is 5.32 Å². The number of para-hydroxylation sites is 2. The van der Waals surface area contributed by atoms with Crippen molar-refractivity contribution in [2.24, 2.45) is 0 Å². The maximum atomic E-state index is 11.6. The zero-order chi connectivity index (χ0) is 15.8. The fourth-order valence-electron chi connectivity index (χ4n) is 1.89. The standard InChI is InChI=1S/C16H16N2O4/c19-16(22-12-13-6-2-1-3-7-13)10-11-17-14-8-4-5-9-15(14)18(20)21/h1-9,17H,10-12H2. The van der Waals surface area contributed by atoms with Gasteiger partial charge in [0, 0.05) is 12.6 Å². The highest BCUT2D eigenvalue weighted by molar-refractivity contribution is 5.70. The maximum Gasteiger partial charge on any atom is 0.307 e. The fourth-order valence-corrected chi connectivity index (χ4v) is 1.89. The summed E-state index contributed by atoms with van der Waals surface area (Å²) in [6, 6.07) is 15.7. The maximum absolute atomic E-state index is 11.6. The average molecular weight is 300 g/mol. The number of carbonyl (C=O) groups excluding carboxylic acids is 1. The van der Waals surface area contributed by atoms with Gasteiger partial charge >= 0.3 is 5.97 Å². The lowest BCUT2D eigenvalue weighted by Crippen LogP contribution is -2.12. The number of nitrogens with one attached hydrogen (secondary N) is 1. The van der Waals surface area contributed by atoms with Crippen LogP contribution in [0.5, 0.6) is 0 Å². The van der Waals surface area contributed by atoms with E-state index in [0.29, 0.717) is 5.69 Å². The van der Waals surface area contributed by atoms with E-state index in [9.17, 15) is 14.9 Å². The van der Waals surface area contributed by atoms with E-state index >= 15 is 0 Å². The average Bonchev–Trinajstić information content (AvgIpc) is 2.54. The molecule has 0 saturated heterocycles. The van der Waals surface area contributed by atoms with Crippen LogP contribution >= 0.6 is 0 Å². The van der Waals surface area contributed by atoms with Gasteiger partial charge in [0.2, 0.25) is 0 Å². The first-order chi connectivity index (χ1) is 10.7. The first-order valence-corrected chi connectivity index (χ1v) is 6.83. The molecule has 0 spiro atoms. The van der Waals surface area contributed by atoms with Crippen molar-refractivity contribution >= 4 is 17.3 Å². The normalized spacial score (nSPS) is 10.0. The number of ether oxygens (including phenoxy) is 1. The van der Waals surface area contributed by atoms with Crippen LogP contribution in [0.15, 0.2) is 54.6 Å². The monoisotopic (exact) mass is 300 g/mol. The molecule has 6 nitrogen and oxygen atoms in total. The van der Waals surface area contributed by atoms with E-state index < -0.39 is 4.92 Å². The molecule has 2 aromatic rings. The van der Waals surface area contributed by atoms with Crippen molar-refractivity contribution in [2.75, 3.05) is 11.9 Å². The predicted octanol–water partition coefficient (Wildman–Crippen LogP) is 3.14. The van der Waals surface area contributed by atoms with Gasteiger partial charge in [0.15, 0.2) is 0 Å². The molecular formula is C16H16N2O4. The molecule has 0 aliphatic rings. The first-order valence-electron chi connectivity index (χ1n) is 6.83. The third-order valence-corrected chi connectivity index (χ3v) is 2.99. The van der Waals surface area contributed by atoms with Crippen LogP contribution in [0.25, 0.3) is 0 Å². The predicted molar refractivity (Wildman–Crippen MR) is 82.4 cm³/mol. The van der Waals surface area contributed by atoms with Gasteiger partial charge in [0.25, 0.3) is 5.69 Å². The molecule has 0 amide bonds. The molecule has 0 aromatic heterocycles. The van der Waals surface area contributed by atoms with Crippen LogP contribution in [0, 0.1) is 10.1 Å². The molecule has 0 radical (unpaired) electrons. The summed E-state index contributed by atoms with van der Waals surface area (Å²) in [5, 5.41) is 13.7. The molecule has 6 heteroatoms. The number of hydrogen-bond donors (Lipinski definition) is 1. The molecule has 0 bridgehead atoms. The topological polar surface area (TPSA) is 81.5 Å². The third kappa shape index (κ3) is 4.59. The number of nitro groups is 1. The zero-order valence-electron chi connectivity index (χ0n) is 11.9. The fraction of sp³-hybridized carbons (Fsp3) is 0.188. The van der Waals surface area contributed by atoms with E-state index in [2.05, 4.69) is 5.32 Å². The summed E-state index contributed by atoms with van der Waals surface area (Å²) in [5.41, 5.74) is 1.30. The number of anilines is 1. The van der Waals surface area contributed by atoms with Crippen molar-refractivity contribution in [2.45, 2.75) is 13.0 Å². The largest absolute Gasteiger partial charge is 0.461 e. The Bertz CT molecular complexity index is 644. The highest BCUT2D eigenvalue weighted by Gasteiger charge is 2.12. The Morgan fingerprint density at radius 2 is 1.77 bits per heavy atom. The van der Waals surface area contributed by atoms with Crippen LogP contribution in [-0.4, -0.2) is 17.4 Å². The Morgan fingerprint density at radius 3 is 2.50 bits per heavy atom. The number of benzene rings is 2. The van der Waals surface area contributed by atoms with E-state index in [1.807, 2.05) is 30.3 Å².